The van der Waals surface area contributed by atoms with Crippen LogP contribution < -0.4 is 0 Å². The second-order valence-electron chi connectivity index (χ2n) is 3.73. The molecule has 16 heavy (non-hydrogen) atoms. The summed E-state index contributed by atoms with van der Waals surface area (Å²) in [5, 5.41) is 4.26. The summed E-state index contributed by atoms with van der Waals surface area (Å²) in [4.78, 5) is 10.7. The zero-order valence-corrected chi connectivity index (χ0v) is 10.7. The van der Waals surface area contributed by atoms with Crippen molar-refractivity contribution in [3.63, 3.8) is 0 Å². The highest BCUT2D eigenvalue weighted by Gasteiger charge is 2.08. The van der Waals surface area contributed by atoms with Crippen molar-refractivity contribution in [3.8, 4) is 5.69 Å². The molecule has 0 saturated heterocycles. The van der Waals surface area contributed by atoms with E-state index in [1.807, 2.05) is 26.0 Å². The normalized spacial score (nSPS) is 10.4. The first-order valence-corrected chi connectivity index (χ1v) is 5.69. The molecule has 82 valence electrons. The molecule has 0 N–H and O–H groups in total. The van der Waals surface area contributed by atoms with Gasteiger partial charge in [-0.15, -0.1) is 0 Å². The lowest BCUT2D eigenvalue weighted by Crippen LogP contribution is -1.97. The summed E-state index contributed by atoms with van der Waals surface area (Å²) in [6, 6.07) is 6.14. The number of aldehydes is 1. The van der Waals surface area contributed by atoms with Crippen molar-refractivity contribution >= 4 is 22.2 Å². The summed E-state index contributed by atoms with van der Waals surface area (Å²) in [7, 11) is 0. The van der Waals surface area contributed by atoms with E-state index in [-0.39, 0.29) is 0 Å². The Morgan fingerprint density at radius 2 is 2.12 bits per heavy atom. The number of carbonyl (C=O) groups excluding carboxylic acids is 1. The van der Waals surface area contributed by atoms with Crippen molar-refractivity contribution in [2.45, 2.75) is 13.8 Å². The Labute approximate surface area is 102 Å². The average molecular weight is 279 g/mol. The van der Waals surface area contributed by atoms with Crippen molar-refractivity contribution in [3.05, 3.63) is 45.7 Å². The highest BCUT2D eigenvalue weighted by Crippen LogP contribution is 2.19. The standard InChI is InChI=1S/C12H11BrN2O/c1-8-3-4-9(2)11(5-8)15-6-10(7-16)12(13)14-15/h3-7H,1-2H3. The Morgan fingerprint density at radius 1 is 1.38 bits per heavy atom. The monoisotopic (exact) mass is 278 g/mol. The molecule has 2 aromatic rings. The van der Waals surface area contributed by atoms with Crippen LogP contribution in [0.25, 0.3) is 5.69 Å². The van der Waals surface area contributed by atoms with Gasteiger partial charge in [0, 0.05) is 6.20 Å². The predicted molar refractivity (Wildman–Crippen MR) is 66.1 cm³/mol. The maximum absolute atomic E-state index is 10.7. The molecule has 0 aliphatic carbocycles. The molecule has 0 aliphatic heterocycles. The zero-order chi connectivity index (χ0) is 11.7. The van der Waals surface area contributed by atoms with Gasteiger partial charge < -0.3 is 0 Å². The molecular formula is C12H11BrN2O. The fourth-order valence-corrected chi connectivity index (χ4v) is 1.90. The van der Waals surface area contributed by atoms with Crippen molar-refractivity contribution in [1.29, 1.82) is 0 Å². The third kappa shape index (κ3) is 1.93. The minimum Gasteiger partial charge on any atom is -0.298 e. The van der Waals surface area contributed by atoms with E-state index in [9.17, 15) is 4.79 Å². The maximum atomic E-state index is 10.7. The first-order chi connectivity index (χ1) is 7.61. The van der Waals surface area contributed by atoms with E-state index in [2.05, 4.69) is 27.1 Å². The van der Waals surface area contributed by atoms with Gasteiger partial charge in [-0.3, -0.25) is 4.79 Å². The fourth-order valence-electron chi connectivity index (χ4n) is 1.53. The van der Waals surface area contributed by atoms with Crippen LogP contribution in [0, 0.1) is 13.8 Å². The Bertz CT molecular complexity index is 546. The van der Waals surface area contributed by atoms with Crippen LogP contribution >= 0.6 is 15.9 Å². The third-order valence-electron chi connectivity index (χ3n) is 2.43. The molecule has 0 spiro atoms. The molecule has 2 rings (SSSR count). The Kier molecular flexibility index (Phi) is 2.92. The van der Waals surface area contributed by atoms with Crippen molar-refractivity contribution in [2.75, 3.05) is 0 Å². The zero-order valence-electron chi connectivity index (χ0n) is 9.07. The van der Waals surface area contributed by atoms with Gasteiger partial charge in [0.15, 0.2) is 6.29 Å². The molecule has 0 unspecified atom stereocenters. The minimum absolute atomic E-state index is 0.556. The predicted octanol–water partition coefficient (Wildman–Crippen LogP) is 3.06. The molecule has 0 bridgehead atoms. The topological polar surface area (TPSA) is 34.9 Å². The average Bonchev–Trinajstić information content (AvgIpc) is 2.63. The lowest BCUT2D eigenvalue weighted by atomic mass is 10.1. The molecule has 1 aromatic carbocycles. The fraction of sp³-hybridized carbons (Fsp3) is 0.167. The molecule has 4 heteroatoms. The van der Waals surface area contributed by atoms with Crippen LogP contribution in [-0.2, 0) is 0 Å². The van der Waals surface area contributed by atoms with Crippen LogP contribution in [0.4, 0.5) is 0 Å². The quantitative estimate of drug-likeness (QED) is 0.792. The van der Waals surface area contributed by atoms with E-state index >= 15 is 0 Å². The molecule has 3 nitrogen and oxygen atoms in total. The first kappa shape index (κ1) is 11.1. The van der Waals surface area contributed by atoms with Gasteiger partial charge in [0.25, 0.3) is 0 Å². The van der Waals surface area contributed by atoms with Crippen LogP contribution in [-0.4, -0.2) is 16.1 Å². The van der Waals surface area contributed by atoms with Crippen LogP contribution in [0.1, 0.15) is 21.5 Å². The van der Waals surface area contributed by atoms with E-state index in [0.29, 0.717) is 10.2 Å². The second-order valence-corrected chi connectivity index (χ2v) is 4.48. The van der Waals surface area contributed by atoms with Crippen molar-refractivity contribution < 1.29 is 4.79 Å². The molecule has 1 heterocycles. The number of hydrogen-bond donors (Lipinski definition) is 0. The Hall–Kier alpha value is -1.42. The molecule has 0 saturated carbocycles. The summed E-state index contributed by atoms with van der Waals surface area (Å²) < 4.78 is 2.29. The number of nitrogens with zero attached hydrogens (tertiary/aromatic N) is 2. The number of benzene rings is 1. The minimum atomic E-state index is 0.556. The van der Waals surface area contributed by atoms with E-state index < -0.39 is 0 Å². The number of carbonyl (C=O) groups is 1. The summed E-state index contributed by atoms with van der Waals surface area (Å²) in [5.74, 6) is 0. The lowest BCUT2D eigenvalue weighted by molar-refractivity contribution is 0.112. The van der Waals surface area contributed by atoms with Crippen LogP contribution in [0.5, 0.6) is 0 Å². The van der Waals surface area contributed by atoms with Crippen LogP contribution in [0.15, 0.2) is 29.0 Å². The van der Waals surface area contributed by atoms with Gasteiger partial charge >= 0.3 is 0 Å². The number of hydrogen-bond acceptors (Lipinski definition) is 2. The van der Waals surface area contributed by atoms with Crippen molar-refractivity contribution in [2.24, 2.45) is 0 Å². The van der Waals surface area contributed by atoms with Gasteiger partial charge in [-0.05, 0) is 47.0 Å². The van der Waals surface area contributed by atoms with E-state index in [1.165, 1.54) is 5.56 Å². The Balaban J connectivity index is 2.57. The maximum Gasteiger partial charge on any atom is 0.154 e. The van der Waals surface area contributed by atoms with Gasteiger partial charge in [0.05, 0.1) is 11.3 Å². The summed E-state index contributed by atoms with van der Waals surface area (Å²) >= 11 is 3.25. The van der Waals surface area contributed by atoms with Gasteiger partial charge in [-0.1, -0.05) is 12.1 Å². The van der Waals surface area contributed by atoms with Crippen LogP contribution in [0.3, 0.4) is 0 Å². The molecule has 0 fully saturated rings. The number of aryl methyl sites for hydroxylation is 2. The summed E-state index contributed by atoms with van der Waals surface area (Å²) in [6.45, 7) is 4.05. The van der Waals surface area contributed by atoms with Crippen molar-refractivity contribution in [1.82, 2.24) is 9.78 Å². The molecule has 0 radical (unpaired) electrons. The number of aromatic nitrogens is 2. The molecular weight excluding hydrogens is 268 g/mol. The summed E-state index contributed by atoms with van der Waals surface area (Å²) in [5.41, 5.74) is 3.84. The third-order valence-corrected chi connectivity index (χ3v) is 3.05. The number of halogens is 1. The summed E-state index contributed by atoms with van der Waals surface area (Å²) in [6.07, 6.45) is 2.51. The molecule has 1 aromatic heterocycles. The molecule has 0 aliphatic rings. The van der Waals surface area contributed by atoms with Crippen LogP contribution in [0.2, 0.25) is 0 Å². The molecule has 0 atom stereocenters. The smallest absolute Gasteiger partial charge is 0.154 e. The van der Waals surface area contributed by atoms with E-state index in [4.69, 9.17) is 0 Å². The highest BCUT2D eigenvalue weighted by atomic mass is 79.9. The second kappa shape index (κ2) is 4.22. The van der Waals surface area contributed by atoms with Gasteiger partial charge in [0.1, 0.15) is 4.60 Å². The van der Waals surface area contributed by atoms with Gasteiger partial charge in [-0.25, -0.2) is 4.68 Å². The van der Waals surface area contributed by atoms with E-state index in [1.54, 1.807) is 10.9 Å². The highest BCUT2D eigenvalue weighted by molar-refractivity contribution is 9.10. The largest absolute Gasteiger partial charge is 0.298 e. The van der Waals surface area contributed by atoms with Gasteiger partial charge in [0.2, 0.25) is 0 Å². The first-order valence-electron chi connectivity index (χ1n) is 4.90. The van der Waals surface area contributed by atoms with E-state index in [0.717, 1.165) is 17.5 Å². The van der Waals surface area contributed by atoms with Gasteiger partial charge in [-0.2, -0.15) is 5.10 Å². The lowest BCUT2D eigenvalue weighted by Gasteiger charge is -2.06. The molecule has 0 amide bonds. The Morgan fingerprint density at radius 3 is 2.75 bits per heavy atom. The number of rotatable bonds is 2. The SMILES string of the molecule is Cc1ccc(C)c(-n2cc(C=O)c(Br)n2)c1.